The van der Waals surface area contributed by atoms with E-state index < -0.39 is 0 Å². The summed E-state index contributed by atoms with van der Waals surface area (Å²) >= 11 is 0. The molecule has 22 heavy (non-hydrogen) atoms. The van der Waals surface area contributed by atoms with Crippen molar-refractivity contribution in [2.75, 3.05) is 0 Å². The van der Waals surface area contributed by atoms with E-state index in [2.05, 4.69) is 0 Å². The van der Waals surface area contributed by atoms with Gasteiger partial charge in [0.2, 0.25) is 0 Å². The molecular weight excluding hydrogens is 276 g/mol. The van der Waals surface area contributed by atoms with Crippen molar-refractivity contribution in [1.29, 1.82) is 0 Å². The van der Waals surface area contributed by atoms with Crippen LogP contribution in [0.4, 0.5) is 0 Å². The molecule has 0 amide bonds. The molecule has 2 aromatic rings. The van der Waals surface area contributed by atoms with Gasteiger partial charge >= 0.3 is 0 Å². The van der Waals surface area contributed by atoms with Crippen LogP contribution in [0.15, 0.2) is 36.4 Å². The van der Waals surface area contributed by atoms with Crippen molar-refractivity contribution in [3.63, 3.8) is 0 Å². The Morgan fingerprint density at radius 3 is 1.59 bits per heavy atom. The highest BCUT2D eigenvalue weighted by Crippen LogP contribution is 2.19. The van der Waals surface area contributed by atoms with E-state index in [1.807, 2.05) is 26.0 Å². The summed E-state index contributed by atoms with van der Waals surface area (Å²) in [5.41, 5.74) is 4.24. The third-order valence-electron chi connectivity index (χ3n) is 4.00. The molecule has 3 nitrogen and oxygen atoms in total. The minimum atomic E-state index is 0.236. The van der Waals surface area contributed by atoms with Gasteiger partial charge in [0.25, 0.3) is 0 Å². The van der Waals surface area contributed by atoms with E-state index in [9.17, 15) is 15.0 Å². The molecule has 0 saturated carbocycles. The minimum Gasteiger partial charge on any atom is -0.508 e. The summed E-state index contributed by atoms with van der Waals surface area (Å²) in [6, 6.07) is 10.5. The number of aromatic hydroxyl groups is 2. The summed E-state index contributed by atoms with van der Waals surface area (Å²) in [7, 11) is 0. The van der Waals surface area contributed by atoms with Gasteiger partial charge in [-0.15, -0.1) is 0 Å². The summed E-state index contributed by atoms with van der Waals surface area (Å²) in [5, 5.41) is 18.8. The molecule has 0 bridgehead atoms. The predicted molar refractivity (Wildman–Crippen MR) is 87.3 cm³/mol. The largest absolute Gasteiger partial charge is 0.508 e. The molecule has 0 saturated heterocycles. The zero-order valence-electron chi connectivity index (χ0n) is 13.1. The fourth-order valence-corrected chi connectivity index (χ4v) is 2.59. The second kappa shape index (κ2) is 7.12. The summed E-state index contributed by atoms with van der Waals surface area (Å²) in [5.74, 6) is 0.755. The second-order valence-corrected chi connectivity index (χ2v) is 5.76. The Morgan fingerprint density at radius 2 is 1.23 bits per heavy atom. The van der Waals surface area contributed by atoms with E-state index in [4.69, 9.17) is 0 Å². The van der Waals surface area contributed by atoms with Crippen molar-refractivity contribution in [3.05, 3.63) is 58.7 Å². The van der Waals surface area contributed by atoms with Gasteiger partial charge in [0.15, 0.2) is 0 Å². The first-order valence-corrected chi connectivity index (χ1v) is 7.54. The zero-order valence-corrected chi connectivity index (χ0v) is 13.1. The lowest BCUT2D eigenvalue weighted by Gasteiger charge is -2.07. The van der Waals surface area contributed by atoms with Crippen LogP contribution >= 0.6 is 0 Å². The summed E-state index contributed by atoms with van der Waals surface area (Å²) in [6.07, 6.45) is 2.45. The number of aryl methyl sites for hydroxylation is 4. The number of phenols is 2. The average Bonchev–Trinajstić information content (AvgIpc) is 2.45. The van der Waals surface area contributed by atoms with Crippen molar-refractivity contribution in [1.82, 2.24) is 0 Å². The monoisotopic (exact) mass is 298 g/mol. The molecule has 0 aliphatic heterocycles. The van der Waals surface area contributed by atoms with E-state index in [-0.39, 0.29) is 17.3 Å². The smallest absolute Gasteiger partial charge is 0.133 e. The van der Waals surface area contributed by atoms with Crippen LogP contribution in [0, 0.1) is 13.8 Å². The molecular formula is C19H22O3. The maximum Gasteiger partial charge on any atom is 0.133 e. The maximum absolute atomic E-state index is 12.0. The molecule has 0 aromatic heterocycles. The summed E-state index contributed by atoms with van der Waals surface area (Å²) in [6.45, 7) is 3.89. The Hall–Kier alpha value is -2.29. The van der Waals surface area contributed by atoms with E-state index in [0.29, 0.717) is 25.7 Å². The van der Waals surface area contributed by atoms with Crippen molar-refractivity contribution in [3.8, 4) is 11.5 Å². The minimum absolute atomic E-state index is 0.236. The van der Waals surface area contributed by atoms with E-state index >= 15 is 0 Å². The Balaban J connectivity index is 1.85. The highest BCUT2D eigenvalue weighted by Gasteiger charge is 2.07. The lowest BCUT2D eigenvalue weighted by molar-refractivity contribution is -0.119. The summed E-state index contributed by atoms with van der Waals surface area (Å²) in [4.78, 5) is 12.0. The van der Waals surface area contributed by atoms with Gasteiger partial charge in [-0.05, 0) is 73.2 Å². The van der Waals surface area contributed by atoms with Gasteiger partial charge in [0.05, 0.1) is 0 Å². The molecule has 0 unspecified atom stereocenters. The molecule has 116 valence electrons. The molecule has 2 N–H and O–H groups in total. The van der Waals surface area contributed by atoms with Crippen LogP contribution in [-0.4, -0.2) is 16.0 Å². The number of carbonyl (C=O) groups excluding carboxylic acids is 1. The van der Waals surface area contributed by atoms with Gasteiger partial charge in [-0.25, -0.2) is 0 Å². The lowest BCUT2D eigenvalue weighted by Crippen LogP contribution is -2.03. The number of hydrogen-bond donors (Lipinski definition) is 2. The number of Topliss-reactive ketones (excluding diaryl/α,β-unsaturated/α-hetero) is 1. The van der Waals surface area contributed by atoms with E-state index in [0.717, 1.165) is 22.3 Å². The molecule has 0 aliphatic rings. The van der Waals surface area contributed by atoms with E-state index in [1.54, 1.807) is 24.3 Å². The van der Waals surface area contributed by atoms with Crippen molar-refractivity contribution < 1.29 is 15.0 Å². The maximum atomic E-state index is 12.0. The Kier molecular flexibility index (Phi) is 5.21. The first-order chi connectivity index (χ1) is 10.5. The van der Waals surface area contributed by atoms with Gasteiger partial charge in [0.1, 0.15) is 17.3 Å². The van der Waals surface area contributed by atoms with Gasteiger partial charge in [-0.1, -0.05) is 12.1 Å². The van der Waals surface area contributed by atoms with Crippen molar-refractivity contribution in [2.45, 2.75) is 39.5 Å². The molecule has 0 radical (unpaired) electrons. The van der Waals surface area contributed by atoms with Crippen LogP contribution in [0.1, 0.15) is 35.1 Å². The predicted octanol–water partition coefficient (Wildman–Crippen LogP) is 3.85. The normalized spacial score (nSPS) is 10.6. The van der Waals surface area contributed by atoms with Crippen LogP contribution in [0.2, 0.25) is 0 Å². The molecule has 0 aliphatic carbocycles. The van der Waals surface area contributed by atoms with Gasteiger partial charge < -0.3 is 10.2 Å². The van der Waals surface area contributed by atoms with Crippen LogP contribution in [0.25, 0.3) is 0 Å². The highest BCUT2D eigenvalue weighted by atomic mass is 16.3. The number of rotatable bonds is 6. The van der Waals surface area contributed by atoms with Crippen LogP contribution < -0.4 is 0 Å². The molecule has 0 fully saturated rings. The zero-order chi connectivity index (χ0) is 16.1. The Morgan fingerprint density at radius 1 is 0.818 bits per heavy atom. The lowest BCUT2D eigenvalue weighted by atomic mass is 9.98. The molecule has 0 atom stereocenters. The van der Waals surface area contributed by atoms with Crippen molar-refractivity contribution in [2.24, 2.45) is 0 Å². The van der Waals surface area contributed by atoms with Crippen LogP contribution in [0.3, 0.4) is 0 Å². The fourth-order valence-electron chi connectivity index (χ4n) is 2.59. The quantitative estimate of drug-likeness (QED) is 0.851. The average molecular weight is 298 g/mol. The molecule has 2 rings (SSSR count). The molecule has 0 spiro atoms. The van der Waals surface area contributed by atoms with Crippen LogP contribution in [0.5, 0.6) is 11.5 Å². The first-order valence-electron chi connectivity index (χ1n) is 7.54. The standard InChI is InChI=1S/C19H22O3/c1-13-11-18(21)9-5-15(13)3-7-17(20)8-4-16-6-10-19(22)12-14(16)2/h5-6,9-12,21-22H,3-4,7-8H2,1-2H3. The number of ketones is 1. The SMILES string of the molecule is Cc1cc(O)ccc1CCC(=O)CCc1ccc(O)cc1C. The molecule has 2 aromatic carbocycles. The second-order valence-electron chi connectivity index (χ2n) is 5.76. The first kappa shape index (κ1) is 16.1. The van der Waals surface area contributed by atoms with Crippen LogP contribution in [-0.2, 0) is 17.6 Å². The van der Waals surface area contributed by atoms with Crippen molar-refractivity contribution >= 4 is 5.78 Å². The van der Waals surface area contributed by atoms with Gasteiger partial charge in [-0.3, -0.25) is 4.79 Å². The van der Waals surface area contributed by atoms with Gasteiger partial charge in [0, 0.05) is 12.8 Å². The highest BCUT2D eigenvalue weighted by molar-refractivity contribution is 5.79. The fraction of sp³-hybridized carbons (Fsp3) is 0.316. The number of benzene rings is 2. The number of carbonyl (C=O) groups is 1. The summed E-state index contributed by atoms with van der Waals surface area (Å²) < 4.78 is 0. The van der Waals surface area contributed by atoms with E-state index in [1.165, 1.54) is 0 Å². The molecule has 3 heteroatoms. The topological polar surface area (TPSA) is 57.5 Å². The number of phenolic OH excluding ortho intramolecular Hbond substituents is 2. The van der Waals surface area contributed by atoms with Gasteiger partial charge in [-0.2, -0.15) is 0 Å². The Bertz CT molecular complexity index is 617. The third kappa shape index (κ3) is 4.35. The molecule has 0 heterocycles. The third-order valence-corrected chi connectivity index (χ3v) is 4.00. The number of hydrogen-bond acceptors (Lipinski definition) is 3. The Labute approximate surface area is 131 Å².